The molecular formula is C16H30N2O11. The van der Waals surface area contributed by atoms with Crippen LogP contribution >= 0.6 is 0 Å². The molecule has 2 fully saturated rings. The summed E-state index contributed by atoms with van der Waals surface area (Å²) in [5.74, 6) is -0.503. The number of amides is 1. The number of carbonyl (C=O) groups is 1. The van der Waals surface area contributed by atoms with Crippen LogP contribution in [0.1, 0.15) is 6.92 Å². The van der Waals surface area contributed by atoms with Crippen LogP contribution in [0.5, 0.6) is 0 Å². The van der Waals surface area contributed by atoms with Gasteiger partial charge in [0.1, 0.15) is 48.8 Å². The second-order valence-electron chi connectivity index (χ2n) is 6.90. The van der Waals surface area contributed by atoms with Gasteiger partial charge >= 0.3 is 0 Å². The molecular weight excluding hydrogens is 396 g/mol. The Bertz CT molecular complexity index is 525. The first-order valence-electron chi connectivity index (χ1n) is 9.24. The molecule has 0 unspecified atom stereocenters. The van der Waals surface area contributed by atoms with Crippen molar-refractivity contribution in [2.45, 2.75) is 68.3 Å². The van der Waals surface area contributed by atoms with E-state index in [1.54, 1.807) is 0 Å². The van der Waals surface area contributed by atoms with Crippen LogP contribution in [0.3, 0.4) is 0 Å². The van der Waals surface area contributed by atoms with Crippen molar-refractivity contribution in [3.63, 3.8) is 0 Å². The largest absolute Gasteiger partial charge is 0.394 e. The molecule has 170 valence electrons. The molecule has 9 N–H and O–H groups in total. The molecule has 10 atom stereocenters. The summed E-state index contributed by atoms with van der Waals surface area (Å²) >= 11 is 0. The van der Waals surface area contributed by atoms with E-state index in [0.717, 1.165) is 0 Å². The van der Waals surface area contributed by atoms with Crippen LogP contribution in [-0.2, 0) is 23.7 Å². The summed E-state index contributed by atoms with van der Waals surface area (Å²) in [5, 5.41) is 61.9. The molecule has 2 aliphatic rings. The number of hydrogen-bond acceptors (Lipinski definition) is 12. The Morgan fingerprint density at radius 3 is 2.10 bits per heavy atom. The molecule has 2 saturated heterocycles. The number of carbonyl (C=O) groups excluding carboxylic acids is 1. The minimum Gasteiger partial charge on any atom is -0.394 e. The zero-order valence-electron chi connectivity index (χ0n) is 15.9. The van der Waals surface area contributed by atoms with Gasteiger partial charge in [-0.25, -0.2) is 0 Å². The Hall–Kier alpha value is -0.970. The second kappa shape index (κ2) is 10.9. The van der Waals surface area contributed by atoms with Crippen LogP contribution in [0.2, 0.25) is 0 Å². The number of ether oxygens (including phenoxy) is 4. The summed E-state index contributed by atoms with van der Waals surface area (Å²) in [6.45, 7) is 0.122. The lowest BCUT2D eigenvalue weighted by Gasteiger charge is -2.47. The van der Waals surface area contributed by atoms with Crippen LogP contribution in [0.4, 0.5) is 0 Å². The van der Waals surface area contributed by atoms with Gasteiger partial charge in [-0.1, -0.05) is 0 Å². The monoisotopic (exact) mass is 426 g/mol. The molecule has 2 aliphatic heterocycles. The number of hydrogen-bond donors (Lipinski definition) is 8. The van der Waals surface area contributed by atoms with E-state index < -0.39 is 80.5 Å². The quantitative estimate of drug-likeness (QED) is 0.183. The SMILES string of the molecule is CC(=O)N[C@H]1[C@@H](OCCN)O[C@H](CO)[C@H](O)[C@@H]1O[C@@H]1O[C@H](CO)[C@H](O)[C@H](O)[C@H]1O. The third-order valence-electron chi connectivity index (χ3n) is 4.76. The molecule has 0 aromatic heterocycles. The van der Waals surface area contributed by atoms with E-state index in [1.165, 1.54) is 6.92 Å². The summed E-state index contributed by atoms with van der Waals surface area (Å²) in [6, 6.07) is -1.09. The number of aliphatic hydroxyl groups excluding tert-OH is 6. The van der Waals surface area contributed by atoms with Gasteiger partial charge in [-0.05, 0) is 0 Å². The van der Waals surface area contributed by atoms with E-state index in [9.17, 15) is 35.4 Å². The third-order valence-corrected chi connectivity index (χ3v) is 4.76. The lowest BCUT2D eigenvalue weighted by Crippen LogP contribution is -2.68. The molecule has 0 aliphatic carbocycles. The van der Waals surface area contributed by atoms with Crippen LogP contribution < -0.4 is 11.1 Å². The van der Waals surface area contributed by atoms with Gasteiger partial charge in [0, 0.05) is 13.5 Å². The minimum absolute atomic E-state index is 0.0434. The van der Waals surface area contributed by atoms with E-state index >= 15 is 0 Å². The second-order valence-corrected chi connectivity index (χ2v) is 6.90. The van der Waals surface area contributed by atoms with Gasteiger partial charge in [0.05, 0.1) is 19.8 Å². The van der Waals surface area contributed by atoms with Crippen molar-refractivity contribution >= 4 is 5.91 Å². The van der Waals surface area contributed by atoms with Gasteiger partial charge in [0.2, 0.25) is 5.91 Å². The first kappa shape index (κ1) is 24.3. The zero-order chi connectivity index (χ0) is 21.7. The van der Waals surface area contributed by atoms with Gasteiger partial charge < -0.3 is 60.6 Å². The van der Waals surface area contributed by atoms with Gasteiger partial charge in [0.15, 0.2) is 12.6 Å². The van der Waals surface area contributed by atoms with Gasteiger partial charge in [-0.2, -0.15) is 0 Å². The van der Waals surface area contributed by atoms with Crippen LogP contribution in [0, 0.1) is 0 Å². The average Bonchev–Trinajstić information content (AvgIpc) is 2.69. The third kappa shape index (κ3) is 5.59. The maximum atomic E-state index is 11.7. The lowest BCUT2D eigenvalue weighted by atomic mass is 9.95. The van der Waals surface area contributed by atoms with E-state index in [2.05, 4.69) is 5.32 Å². The van der Waals surface area contributed by atoms with Crippen molar-refractivity contribution in [1.29, 1.82) is 0 Å². The molecule has 0 saturated carbocycles. The minimum atomic E-state index is -1.73. The van der Waals surface area contributed by atoms with E-state index in [1.807, 2.05) is 0 Å². The molecule has 0 aromatic rings. The summed E-state index contributed by atoms with van der Waals surface area (Å²) in [5.41, 5.74) is 5.42. The molecule has 0 spiro atoms. The molecule has 0 radical (unpaired) electrons. The zero-order valence-corrected chi connectivity index (χ0v) is 15.9. The molecule has 2 heterocycles. The van der Waals surface area contributed by atoms with Crippen molar-refractivity contribution in [2.75, 3.05) is 26.4 Å². The Morgan fingerprint density at radius 2 is 1.55 bits per heavy atom. The maximum absolute atomic E-state index is 11.7. The van der Waals surface area contributed by atoms with Gasteiger partial charge in [0.25, 0.3) is 0 Å². The predicted octanol–water partition coefficient (Wildman–Crippen LogP) is -5.27. The van der Waals surface area contributed by atoms with Crippen molar-refractivity contribution in [1.82, 2.24) is 5.32 Å². The highest BCUT2D eigenvalue weighted by Crippen LogP contribution is 2.29. The van der Waals surface area contributed by atoms with Crippen molar-refractivity contribution in [3.8, 4) is 0 Å². The van der Waals surface area contributed by atoms with Gasteiger partial charge in [-0.15, -0.1) is 0 Å². The molecule has 13 nitrogen and oxygen atoms in total. The lowest BCUT2D eigenvalue weighted by molar-refractivity contribution is -0.344. The molecule has 1 amide bonds. The fourth-order valence-corrected chi connectivity index (χ4v) is 3.28. The summed E-state index contributed by atoms with van der Waals surface area (Å²) in [4.78, 5) is 11.7. The van der Waals surface area contributed by atoms with E-state index in [-0.39, 0.29) is 13.2 Å². The average molecular weight is 426 g/mol. The number of nitrogens with two attached hydrogens (primary N) is 1. The number of rotatable bonds is 8. The Labute approximate surface area is 166 Å². The molecule has 29 heavy (non-hydrogen) atoms. The molecule has 13 heteroatoms. The molecule has 0 bridgehead atoms. The normalized spacial score (nSPS) is 43.2. The van der Waals surface area contributed by atoms with Crippen LogP contribution in [0.25, 0.3) is 0 Å². The van der Waals surface area contributed by atoms with Crippen molar-refractivity contribution in [3.05, 3.63) is 0 Å². The molecule has 0 aromatic carbocycles. The fraction of sp³-hybridized carbons (Fsp3) is 0.938. The van der Waals surface area contributed by atoms with Crippen LogP contribution in [-0.4, -0.2) is 124 Å². The van der Waals surface area contributed by atoms with E-state index in [0.29, 0.717) is 0 Å². The highest BCUT2D eigenvalue weighted by molar-refractivity contribution is 5.73. The standard InChI is InChI=1S/C16H30N2O11/c1-6(21)18-9-14(11(23)8(5-20)27-15(9)26-3-2-17)29-16-13(25)12(24)10(22)7(4-19)28-16/h7-16,19-20,22-25H,2-5,17H2,1H3,(H,18,21)/t7-,8-,9-,10+,11+,12+,13-,14-,15+,16+/m1/s1. The molecule has 2 rings (SSSR count). The smallest absolute Gasteiger partial charge is 0.217 e. The van der Waals surface area contributed by atoms with E-state index in [4.69, 9.17) is 24.7 Å². The highest BCUT2D eigenvalue weighted by atomic mass is 16.7. The summed E-state index contributed by atoms with van der Waals surface area (Å²) in [7, 11) is 0. The Kier molecular flexibility index (Phi) is 9.12. The van der Waals surface area contributed by atoms with Crippen molar-refractivity contribution in [2.24, 2.45) is 5.73 Å². The van der Waals surface area contributed by atoms with Crippen LogP contribution in [0.15, 0.2) is 0 Å². The van der Waals surface area contributed by atoms with Crippen molar-refractivity contribution < 1.29 is 54.4 Å². The Morgan fingerprint density at radius 1 is 0.966 bits per heavy atom. The first-order valence-corrected chi connectivity index (χ1v) is 9.24. The topological polar surface area (TPSA) is 213 Å². The maximum Gasteiger partial charge on any atom is 0.217 e. The Balaban J connectivity index is 2.26. The summed E-state index contributed by atoms with van der Waals surface area (Å²) in [6.07, 6.45) is -12.9. The number of nitrogens with one attached hydrogen (secondary N) is 1. The summed E-state index contributed by atoms with van der Waals surface area (Å²) < 4.78 is 21.9. The van der Waals surface area contributed by atoms with Gasteiger partial charge in [-0.3, -0.25) is 4.79 Å². The fourth-order valence-electron chi connectivity index (χ4n) is 3.28. The number of aliphatic hydroxyl groups is 6. The predicted molar refractivity (Wildman–Crippen MR) is 93.0 cm³/mol. The highest BCUT2D eigenvalue weighted by Gasteiger charge is 2.51. The first-order chi connectivity index (χ1) is 13.7.